The number of hydrogen-bond donors (Lipinski definition) is 1. The molecule has 1 amide bonds. The largest absolute Gasteiger partial charge is 0.336 e. The number of aryl methyl sites for hydroxylation is 1. The van der Waals surface area contributed by atoms with Gasteiger partial charge in [0.2, 0.25) is 5.56 Å². The van der Waals surface area contributed by atoms with Crippen molar-refractivity contribution in [1.29, 1.82) is 0 Å². The quantitative estimate of drug-likeness (QED) is 0.921. The molecule has 1 aromatic heterocycles. The van der Waals surface area contributed by atoms with Gasteiger partial charge in [0.25, 0.3) is 5.91 Å². The van der Waals surface area contributed by atoms with Crippen LogP contribution in [0.3, 0.4) is 0 Å². The lowest BCUT2D eigenvalue weighted by Crippen LogP contribution is -2.49. The third kappa shape index (κ3) is 4.33. The van der Waals surface area contributed by atoms with E-state index in [-0.39, 0.29) is 17.3 Å². The monoisotopic (exact) mass is 343 g/mol. The zero-order valence-corrected chi connectivity index (χ0v) is 14.3. The normalized spacial score (nSPS) is 15.4. The van der Waals surface area contributed by atoms with E-state index in [0.717, 1.165) is 31.6 Å². The predicted molar refractivity (Wildman–Crippen MR) is 94.2 cm³/mol. The molecule has 1 N–H and O–H groups in total. The van der Waals surface area contributed by atoms with Crippen molar-refractivity contribution in [3.63, 3.8) is 0 Å². The molecule has 0 saturated carbocycles. The van der Waals surface area contributed by atoms with Gasteiger partial charge in [0.05, 0.1) is 5.56 Å². The molecule has 1 aliphatic rings. The summed E-state index contributed by atoms with van der Waals surface area (Å²) in [7, 11) is 0. The Kier molecular flexibility index (Phi) is 5.28. The Bertz CT molecular complexity index is 793. The molecular formula is C19H22FN3O2. The number of pyridine rings is 1. The summed E-state index contributed by atoms with van der Waals surface area (Å²) in [5, 5.41) is 0. The van der Waals surface area contributed by atoms with E-state index in [1.54, 1.807) is 6.92 Å². The molecule has 25 heavy (non-hydrogen) atoms. The molecule has 0 spiro atoms. The topological polar surface area (TPSA) is 56.4 Å². The van der Waals surface area contributed by atoms with E-state index in [0.29, 0.717) is 24.2 Å². The van der Waals surface area contributed by atoms with E-state index in [2.05, 4.69) is 9.88 Å². The van der Waals surface area contributed by atoms with Crippen LogP contribution in [-0.2, 0) is 6.42 Å². The number of amides is 1. The van der Waals surface area contributed by atoms with Gasteiger partial charge in [0.1, 0.15) is 5.82 Å². The lowest BCUT2D eigenvalue weighted by atomic mass is 10.1. The van der Waals surface area contributed by atoms with E-state index in [1.807, 2.05) is 17.0 Å². The van der Waals surface area contributed by atoms with Gasteiger partial charge in [-0.25, -0.2) is 4.39 Å². The van der Waals surface area contributed by atoms with Crippen molar-refractivity contribution in [3.8, 4) is 0 Å². The average Bonchev–Trinajstić information content (AvgIpc) is 2.61. The highest BCUT2D eigenvalue weighted by Crippen LogP contribution is 2.12. The summed E-state index contributed by atoms with van der Waals surface area (Å²) < 4.78 is 12.9. The Morgan fingerprint density at radius 2 is 1.84 bits per heavy atom. The summed E-state index contributed by atoms with van der Waals surface area (Å²) >= 11 is 0. The highest BCUT2D eigenvalue weighted by molar-refractivity contribution is 5.95. The van der Waals surface area contributed by atoms with Crippen molar-refractivity contribution in [2.75, 3.05) is 32.7 Å². The van der Waals surface area contributed by atoms with E-state index in [4.69, 9.17) is 0 Å². The van der Waals surface area contributed by atoms with Crippen molar-refractivity contribution in [3.05, 3.63) is 69.4 Å². The molecule has 5 nitrogen and oxygen atoms in total. The fourth-order valence-electron chi connectivity index (χ4n) is 3.09. The molecular weight excluding hydrogens is 321 g/mol. The first kappa shape index (κ1) is 17.4. The molecule has 1 aliphatic heterocycles. The van der Waals surface area contributed by atoms with Gasteiger partial charge in [-0.05, 0) is 36.6 Å². The Morgan fingerprint density at radius 3 is 2.48 bits per heavy atom. The summed E-state index contributed by atoms with van der Waals surface area (Å²) in [6.45, 7) is 5.64. The van der Waals surface area contributed by atoms with Crippen LogP contribution in [-0.4, -0.2) is 53.4 Å². The number of carbonyl (C=O) groups excluding carboxylic acids is 1. The van der Waals surface area contributed by atoms with Crippen LogP contribution in [0, 0.1) is 12.7 Å². The molecule has 0 aliphatic carbocycles. The number of hydrogen-bond acceptors (Lipinski definition) is 3. The molecule has 0 bridgehead atoms. The summed E-state index contributed by atoms with van der Waals surface area (Å²) in [4.78, 5) is 30.6. The van der Waals surface area contributed by atoms with Crippen LogP contribution in [0.25, 0.3) is 0 Å². The van der Waals surface area contributed by atoms with E-state index in [9.17, 15) is 14.0 Å². The molecule has 1 aromatic carbocycles. The second-order valence-corrected chi connectivity index (χ2v) is 6.40. The Hall–Kier alpha value is -2.47. The molecule has 0 unspecified atom stereocenters. The minimum Gasteiger partial charge on any atom is -0.336 e. The molecule has 0 atom stereocenters. The van der Waals surface area contributed by atoms with Crippen LogP contribution < -0.4 is 5.56 Å². The first-order valence-electron chi connectivity index (χ1n) is 8.48. The average molecular weight is 343 g/mol. The number of aromatic nitrogens is 1. The van der Waals surface area contributed by atoms with E-state index < -0.39 is 0 Å². The molecule has 1 saturated heterocycles. The lowest BCUT2D eigenvalue weighted by molar-refractivity contribution is 0.0637. The number of piperazine rings is 1. The number of carbonyl (C=O) groups is 1. The number of halogens is 1. The summed E-state index contributed by atoms with van der Waals surface area (Å²) in [5.41, 5.74) is 2.18. The molecule has 2 heterocycles. The third-order valence-electron chi connectivity index (χ3n) is 4.65. The van der Waals surface area contributed by atoms with Gasteiger partial charge in [0, 0.05) is 45.0 Å². The zero-order valence-electron chi connectivity index (χ0n) is 14.3. The number of H-pyrrole nitrogens is 1. The minimum absolute atomic E-state index is 0.0352. The Labute approximate surface area is 146 Å². The fourth-order valence-corrected chi connectivity index (χ4v) is 3.09. The summed E-state index contributed by atoms with van der Waals surface area (Å²) in [5.74, 6) is -0.250. The van der Waals surface area contributed by atoms with Crippen molar-refractivity contribution in [2.45, 2.75) is 13.3 Å². The molecule has 0 radical (unpaired) electrons. The van der Waals surface area contributed by atoms with Crippen molar-refractivity contribution in [2.24, 2.45) is 0 Å². The molecule has 2 aromatic rings. The van der Waals surface area contributed by atoms with Crippen molar-refractivity contribution >= 4 is 5.91 Å². The van der Waals surface area contributed by atoms with Crippen LogP contribution in [0.5, 0.6) is 0 Å². The maximum atomic E-state index is 12.9. The van der Waals surface area contributed by atoms with Crippen LogP contribution in [0.1, 0.15) is 21.5 Å². The SMILES string of the molecule is Cc1cc(=O)[nH]cc1C(=O)N1CCN(CCc2ccc(F)cc2)CC1. The van der Waals surface area contributed by atoms with Crippen molar-refractivity contribution in [1.82, 2.24) is 14.8 Å². The smallest absolute Gasteiger partial charge is 0.255 e. The van der Waals surface area contributed by atoms with Crippen LogP contribution in [0.4, 0.5) is 4.39 Å². The second kappa shape index (κ2) is 7.61. The van der Waals surface area contributed by atoms with Gasteiger partial charge in [0.15, 0.2) is 0 Å². The fraction of sp³-hybridized carbons (Fsp3) is 0.368. The number of aromatic amines is 1. The highest BCUT2D eigenvalue weighted by atomic mass is 19.1. The first-order valence-corrected chi connectivity index (χ1v) is 8.48. The first-order chi connectivity index (χ1) is 12.0. The van der Waals surface area contributed by atoms with Gasteiger partial charge in [-0.1, -0.05) is 12.1 Å². The molecule has 1 fully saturated rings. The number of nitrogens with one attached hydrogen (secondary N) is 1. The highest BCUT2D eigenvalue weighted by Gasteiger charge is 2.23. The van der Waals surface area contributed by atoms with Gasteiger partial charge in [-0.2, -0.15) is 0 Å². The second-order valence-electron chi connectivity index (χ2n) is 6.40. The maximum Gasteiger partial charge on any atom is 0.255 e. The molecule has 6 heteroatoms. The van der Waals surface area contributed by atoms with Crippen molar-refractivity contribution < 1.29 is 9.18 Å². The van der Waals surface area contributed by atoms with E-state index in [1.165, 1.54) is 24.4 Å². The van der Waals surface area contributed by atoms with E-state index >= 15 is 0 Å². The number of benzene rings is 1. The third-order valence-corrected chi connectivity index (χ3v) is 4.65. The minimum atomic E-state index is -0.214. The van der Waals surface area contributed by atoms with Gasteiger partial charge < -0.3 is 9.88 Å². The number of nitrogens with zero attached hydrogens (tertiary/aromatic N) is 2. The van der Waals surface area contributed by atoms with Gasteiger partial charge >= 0.3 is 0 Å². The Morgan fingerprint density at radius 1 is 1.16 bits per heavy atom. The zero-order chi connectivity index (χ0) is 17.8. The standard InChI is InChI=1S/C19H22FN3O2/c1-14-12-18(24)21-13-17(14)19(25)23-10-8-22(9-11-23)7-6-15-2-4-16(20)5-3-15/h2-5,12-13H,6-11H2,1H3,(H,21,24). The van der Waals surface area contributed by atoms with Crippen LogP contribution in [0.2, 0.25) is 0 Å². The number of rotatable bonds is 4. The lowest BCUT2D eigenvalue weighted by Gasteiger charge is -2.35. The van der Waals surface area contributed by atoms with Gasteiger partial charge in [-0.15, -0.1) is 0 Å². The molecule has 132 valence electrons. The predicted octanol–water partition coefficient (Wildman–Crippen LogP) is 1.82. The summed E-state index contributed by atoms with van der Waals surface area (Å²) in [6.07, 6.45) is 2.37. The van der Waals surface area contributed by atoms with Crippen LogP contribution in [0.15, 0.2) is 41.3 Å². The molecule has 3 rings (SSSR count). The van der Waals surface area contributed by atoms with Gasteiger partial charge in [-0.3, -0.25) is 14.5 Å². The van der Waals surface area contributed by atoms with Crippen LogP contribution >= 0.6 is 0 Å². The maximum absolute atomic E-state index is 12.9. The summed E-state index contributed by atoms with van der Waals surface area (Å²) in [6, 6.07) is 8.05. The Balaban J connectivity index is 1.52.